The molecular formula is C12H14O2. The highest BCUT2D eigenvalue weighted by Crippen LogP contribution is 2.27. The Balaban J connectivity index is 2.61. The third kappa shape index (κ3) is 1.32. The third-order valence-corrected chi connectivity index (χ3v) is 2.78. The molecular weight excluding hydrogens is 176 g/mol. The summed E-state index contributed by atoms with van der Waals surface area (Å²) in [7, 11) is 0. The Bertz CT molecular complexity index is 443. The molecule has 74 valence electrons. The van der Waals surface area contributed by atoms with Crippen LogP contribution in [0, 0.1) is 6.92 Å². The highest BCUT2D eigenvalue weighted by molar-refractivity contribution is 5.85. The van der Waals surface area contributed by atoms with E-state index in [-0.39, 0.29) is 12.5 Å². The normalized spacial score (nSPS) is 13.4. The number of hydrogen-bond donors (Lipinski definition) is 1. The maximum absolute atomic E-state index is 9.11. The third-order valence-electron chi connectivity index (χ3n) is 2.78. The zero-order valence-corrected chi connectivity index (χ0v) is 8.45. The smallest absolute Gasteiger partial charge is 0.0984 e. The molecule has 0 amide bonds. The standard InChI is InChI=1S/C12H14O2/c1-8(5-13)11-4-3-10-6-14-7-12(10)9(11)2/h3-4,6-8,13H,5H2,1-2H3. The second-order valence-corrected chi connectivity index (χ2v) is 3.74. The fourth-order valence-corrected chi connectivity index (χ4v) is 1.83. The van der Waals surface area contributed by atoms with E-state index in [9.17, 15) is 0 Å². The van der Waals surface area contributed by atoms with Gasteiger partial charge in [-0.25, -0.2) is 0 Å². The summed E-state index contributed by atoms with van der Waals surface area (Å²) in [5.74, 6) is 0.189. The minimum atomic E-state index is 0.185. The summed E-state index contributed by atoms with van der Waals surface area (Å²) in [6.07, 6.45) is 3.51. The summed E-state index contributed by atoms with van der Waals surface area (Å²) in [4.78, 5) is 0. The second-order valence-electron chi connectivity index (χ2n) is 3.74. The minimum absolute atomic E-state index is 0.185. The van der Waals surface area contributed by atoms with E-state index in [1.807, 2.05) is 13.0 Å². The average molecular weight is 190 g/mol. The van der Waals surface area contributed by atoms with Gasteiger partial charge in [-0.2, -0.15) is 0 Å². The molecule has 14 heavy (non-hydrogen) atoms. The Hall–Kier alpha value is -1.28. The van der Waals surface area contributed by atoms with E-state index >= 15 is 0 Å². The van der Waals surface area contributed by atoms with Crippen molar-refractivity contribution in [2.45, 2.75) is 19.8 Å². The lowest BCUT2D eigenvalue weighted by molar-refractivity contribution is 0.273. The van der Waals surface area contributed by atoms with Crippen molar-refractivity contribution in [1.82, 2.24) is 0 Å². The van der Waals surface area contributed by atoms with Gasteiger partial charge in [-0.15, -0.1) is 0 Å². The summed E-state index contributed by atoms with van der Waals surface area (Å²) in [5, 5.41) is 11.4. The van der Waals surface area contributed by atoms with Crippen molar-refractivity contribution >= 4 is 10.8 Å². The molecule has 1 unspecified atom stereocenters. The number of aliphatic hydroxyl groups excluding tert-OH is 1. The van der Waals surface area contributed by atoms with Gasteiger partial charge in [0, 0.05) is 23.3 Å². The molecule has 0 saturated carbocycles. The summed E-state index contributed by atoms with van der Waals surface area (Å²) in [5.41, 5.74) is 2.40. The van der Waals surface area contributed by atoms with Crippen molar-refractivity contribution < 1.29 is 9.52 Å². The molecule has 0 aliphatic rings. The van der Waals surface area contributed by atoms with Crippen LogP contribution in [-0.2, 0) is 0 Å². The van der Waals surface area contributed by atoms with Gasteiger partial charge in [0.15, 0.2) is 0 Å². The van der Waals surface area contributed by atoms with Crippen molar-refractivity contribution in [3.8, 4) is 0 Å². The van der Waals surface area contributed by atoms with E-state index in [0.29, 0.717) is 0 Å². The zero-order chi connectivity index (χ0) is 10.1. The molecule has 2 heteroatoms. The van der Waals surface area contributed by atoms with E-state index < -0.39 is 0 Å². The Kier molecular flexibility index (Phi) is 2.30. The molecule has 0 fully saturated rings. The van der Waals surface area contributed by atoms with Crippen LogP contribution in [0.1, 0.15) is 24.0 Å². The quantitative estimate of drug-likeness (QED) is 0.790. The van der Waals surface area contributed by atoms with Gasteiger partial charge >= 0.3 is 0 Å². The topological polar surface area (TPSA) is 33.4 Å². The highest BCUT2D eigenvalue weighted by Gasteiger charge is 2.10. The maximum Gasteiger partial charge on any atom is 0.0984 e. The molecule has 0 saturated heterocycles. The van der Waals surface area contributed by atoms with E-state index in [0.717, 1.165) is 10.8 Å². The Morgan fingerprint density at radius 1 is 1.36 bits per heavy atom. The van der Waals surface area contributed by atoms with E-state index in [1.165, 1.54) is 11.1 Å². The zero-order valence-electron chi connectivity index (χ0n) is 8.45. The van der Waals surface area contributed by atoms with Crippen molar-refractivity contribution in [1.29, 1.82) is 0 Å². The first-order chi connectivity index (χ1) is 6.74. The average Bonchev–Trinajstić information content (AvgIpc) is 2.66. The van der Waals surface area contributed by atoms with Gasteiger partial charge < -0.3 is 9.52 Å². The van der Waals surface area contributed by atoms with Gasteiger partial charge in [0.25, 0.3) is 0 Å². The monoisotopic (exact) mass is 190 g/mol. The van der Waals surface area contributed by atoms with Gasteiger partial charge in [-0.3, -0.25) is 0 Å². The SMILES string of the molecule is Cc1c(C(C)CO)ccc2cocc12. The molecule has 0 radical (unpaired) electrons. The van der Waals surface area contributed by atoms with E-state index in [2.05, 4.69) is 13.0 Å². The summed E-state index contributed by atoms with van der Waals surface area (Å²) in [6, 6.07) is 4.10. The Morgan fingerprint density at radius 2 is 2.14 bits per heavy atom. The first-order valence-corrected chi connectivity index (χ1v) is 4.80. The molecule has 0 bridgehead atoms. The Labute approximate surface area is 83.2 Å². The molecule has 1 N–H and O–H groups in total. The van der Waals surface area contributed by atoms with E-state index in [4.69, 9.17) is 9.52 Å². The van der Waals surface area contributed by atoms with Crippen LogP contribution in [0.15, 0.2) is 29.1 Å². The van der Waals surface area contributed by atoms with Gasteiger partial charge in [-0.05, 0) is 18.1 Å². The van der Waals surface area contributed by atoms with Crippen molar-refractivity contribution in [2.24, 2.45) is 0 Å². The van der Waals surface area contributed by atoms with Gasteiger partial charge in [0.1, 0.15) is 0 Å². The number of benzene rings is 1. The van der Waals surface area contributed by atoms with Crippen LogP contribution in [0.5, 0.6) is 0 Å². The molecule has 1 aromatic carbocycles. The lowest BCUT2D eigenvalue weighted by Crippen LogP contribution is -2.01. The lowest BCUT2D eigenvalue weighted by Gasteiger charge is -2.11. The maximum atomic E-state index is 9.11. The van der Waals surface area contributed by atoms with Crippen molar-refractivity contribution in [3.63, 3.8) is 0 Å². The van der Waals surface area contributed by atoms with Crippen molar-refractivity contribution in [3.05, 3.63) is 35.8 Å². The predicted molar refractivity (Wildman–Crippen MR) is 56.5 cm³/mol. The van der Waals surface area contributed by atoms with Crippen LogP contribution in [0.25, 0.3) is 10.8 Å². The molecule has 0 aliphatic carbocycles. The Morgan fingerprint density at radius 3 is 2.86 bits per heavy atom. The fraction of sp³-hybridized carbons (Fsp3) is 0.333. The first-order valence-electron chi connectivity index (χ1n) is 4.80. The molecule has 2 rings (SSSR count). The molecule has 1 heterocycles. The molecule has 0 spiro atoms. The number of furan rings is 1. The molecule has 2 nitrogen and oxygen atoms in total. The van der Waals surface area contributed by atoms with E-state index in [1.54, 1.807) is 12.5 Å². The van der Waals surface area contributed by atoms with Gasteiger partial charge in [0.2, 0.25) is 0 Å². The van der Waals surface area contributed by atoms with Gasteiger partial charge in [-0.1, -0.05) is 19.1 Å². The number of hydrogen-bond acceptors (Lipinski definition) is 2. The second kappa shape index (κ2) is 3.46. The lowest BCUT2D eigenvalue weighted by atomic mass is 9.94. The fourth-order valence-electron chi connectivity index (χ4n) is 1.83. The highest BCUT2D eigenvalue weighted by atomic mass is 16.3. The number of aryl methyl sites for hydroxylation is 1. The summed E-state index contributed by atoms with van der Waals surface area (Å²) < 4.78 is 5.15. The minimum Gasteiger partial charge on any atom is -0.471 e. The summed E-state index contributed by atoms with van der Waals surface area (Å²) in [6.45, 7) is 4.28. The van der Waals surface area contributed by atoms with Crippen LogP contribution in [0.4, 0.5) is 0 Å². The van der Waals surface area contributed by atoms with Crippen LogP contribution < -0.4 is 0 Å². The molecule has 2 aromatic rings. The van der Waals surface area contributed by atoms with Crippen LogP contribution in [-0.4, -0.2) is 11.7 Å². The van der Waals surface area contributed by atoms with Gasteiger partial charge in [0.05, 0.1) is 12.5 Å². The molecule has 1 atom stereocenters. The van der Waals surface area contributed by atoms with Crippen molar-refractivity contribution in [2.75, 3.05) is 6.61 Å². The predicted octanol–water partition coefficient (Wildman–Crippen LogP) is 2.84. The van der Waals surface area contributed by atoms with Crippen LogP contribution in [0.2, 0.25) is 0 Å². The first kappa shape index (κ1) is 9.28. The van der Waals surface area contributed by atoms with Crippen LogP contribution >= 0.6 is 0 Å². The largest absolute Gasteiger partial charge is 0.471 e. The molecule has 0 aliphatic heterocycles. The number of aliphatic hydroxyl groups is 1. The number of fused-ring (bicyclic) bond motifs is 1. The number of rotatable bonds is 2. The van der Waals surface area contributed by atoms with Crippen LogP contribution in [0.3, 0.4) is 0 Å². The molecule has 1 aromatic heterocycles. The summed E-state index contributed by atoms with van der Waals surface area (Å²) >= 11 is 0.